The van der Waals surface area contributed by atoms with Gasteiger partial charge in [0.2, 0.25) is 0 Å². The molecule has 0 aliphatic carbocycles. The molecule has 1 amide bonds. The third kappa shape index (κ3) is 5.65. The van der Waals surface area contributed by atoms with E-state index in [1.54, 1.807) is 24.3 Å². The molecule has 0 bridgehead atoms. The molecule has 164 valence electrons. The van der Waals surface area contributed by atoms with Crippen molar-refractivity contribution < 1.29 is 27.5 Å². The minimum Gasteiger partial charge on any atom is -0.461 e. The molecule has 4 aromatic rings. The van der Waals surface area contributed by atoms with E-state index in [2.05, 4.69) is 10.3 Å². The zero-order valence-electron chi connectivity index (χ0n) is 17.3. The van der Waals surface area contributed by atoms with E-state index in [0.717, 1.165) is 16.7 Å². The van der Waals surface area contributed by atoms with E-state index in [1.807, 2.05) is 44.2 Å². The maximum Gasteiger partial charge on any atom is 0.335 e. The number of nitrogens with one attached hydrogen (secondary N) is 1. The highest BCUT2D eigenvalue weighted by Gasteiger charge is 2.15. The van der Waals surface area contributed by atoms with Crippen molar-refractivity contribution in [2.24, 2.45) is 0 Å². The number of aryl methyl sites for hydroxylation is 2. The summed E-state index contributed by atoms with van der Waals surface area (Å²) in [6.07, 6.45) is 1.51. The first-order valence-corrected chi connectivity index (χ1v) is 10.2. The summed E-state index contributed by atoms with van der Waals surface area (Å²) in [7, 11) is 0. The summed E-state index contributed by atoms with van der Waals surface area (Å²) < 4.78 is 28.4. The fourth-order valence-electron chi connectivity index (χ4n) is 2.96. The van der Waals surface area contributed by atoms with Crippen LogP contribution in [0.15, 0.2) is 65.2 Å². The molecule has 0 saturated carbocycles. The first-order valence-electron chi connectivity index (χ1n) is 9.51. The standard InChI is InChI=1S/C23H20N2O4.O2S/c1-14-3-6-18(7-4-14)29-21-11-17(10-20-19(21)9-15(2)28-20)23(27)25-22-8-5-16(13-26)12-24-22;1-3-2/h3-12,26H,13H2,1-2H3,(H,24,25,27);. The van der Waals surface area contributed by atoms with Crippen LogP contribution < -0.4 is 10.1 Å². The van der Waals surface area contributed by atoms with Crippen LogP contribution in [0.25, 0.3) is 11.0 Å². The van der Waals surface area contributed by atoms with Crippen LogP contribution in [0, 0.1) is 13.8 Å². The number of hydrogen-bond donors (Lipinski definition) is 2. The van der Waals surface area contributed by atoms with E-state index in [-0.39, 0.29) is 12.5 Å². The first-order chi connectivity index (χ1) is 15.4. The first kappa shape index (κ1) is 22.9. The molecule has 32 heavy (non-hydrogen) atoms. The Hall–Kier alpha value is -3.82. The third-order valence-corrected chi connectivity index (χ3v) is 4.48. The van der Waals surface area contributed by atoms with Crippen LogP contribution in [-0.4, -0.2) is 24.4 Å². The Bertz CT molecular complexity index is 1260. The van der Waals surface area contributed by atoms with Crippen LogP contribution in [0.5, 0.6) is 11.5 Å². The number of hydrogen-bond acceptors (Lipinski definition) is 7. The average Bonchev–Trinajstić information content (AvgIpc) is 3.17. The van der Waals surface area contributed by atoms with Gasteiger partial charge in [-0.15, -0.1) is 0 Å². The van der Waals surface area contributed by atoms with Crippen molar-refractivity contribution in [1.82, 2.24) is 4.98 Å². The van der Waals surface area contributed by atoms with Gasteiger partial charge in [-0.25, -0.2) is 4.98 Å². The molecule has 0 fully saturated rings. The van der Waals surface area contributed by atoms with Crippen LogP contribution in [0.4, 0.5) is 5.82 Å². The number of pyridine rings is 1. The number of benzene rings is 2. The summed E-state index contributed by atoms with van der Waals surface area (Å²) in [5.74, 6) is 2.00. The molecule has 4 rings (SSSR count). The van der Waals surface area contributed by atoms with Gasteiger partial charge < -0.3 is 19.6 Å². The van der Waals surface area contributed by atoms with Crippen LogP contribution in [0.2, 0.25) is 0 Å². The van der Waals surface area contributed by atoms with Gasteiger partial charge in [0, 0.05) is 11.8 Å². The molecule has 2 aromatic heterocycles. The lowest BCUT2D eigenvalue weighted by molar-refractivity contribution is 0.102. The van der Waals surface area contributed by atoms with Gasteiger partial charge in [0.25, 0.3) is 5.91 Å². The Labute approximate surface area is 187 Å². The number of aliphatic hydroxyl groups excluding tert-OH is 1. The fraction of sp³-hybridized carbons (Fsp3) is 0.130. The second kappa shape index (κ2) is 10.5. The number of anilines is 1. The zero-order chi connectivity index (χ0) is 23.1. The van der Waals surface area contributed by atoms with Gasteiger partial charge in [-0.2, -0.15) is 8.42 Å². The molecular weight excluding hydrogens is 432 g/mol. The van der Waals surface area contributed by atoms with Crippen molar-refractivity contribution in [2.45, 2.75) is 20.5 Å². The molecule has 8 nitrogen and oxygen atoms in total. The molecule has 2 heterocycles. The largest absolute Gasteiger partial charge is 0.461 e. The number of aliphatic hydroxyl groups is 1. The van der Waals surface area contributed by atoms with E-state index in [0.29, 0.717) is 34.0 Å². The molecule has 9 heteroatoms. The average molecular weight is 452 g/mol. The second-order valence-electron chi connectivity index (χ2n) is 6.89. The van der Waals surface area contributed by atoms with E-state index >= 15 is 0 Å². The van der Waals surface area contributed by atoms with Crippen LogP contribution in [-0.2, 0) is 18.2 Å². The highest BCUT2D eigenvalue weighted by Crippen LogP contribution is 2.34. The van der Waals surface area contributed by atoms with E-state index in [4.69, 9.17) is 22.7 Å². The fourth-order valence-corrected chi connectivity index (χ4v) is 2.96. The number of fused-ring (bicyclic) bond motifs is 1. The summed E-state index contributed by atoms with van der Waals surface area (Å²) in [5.41, 5.74) is 2.77. The molecular formula is C23H20N2O6S. The molecule has 0 saturated heterocycles. The van der Waals surface area contributed by atoms with Crippen molar-refractivity contribution >= 4 is 34.3 Å². The van der Waals surface area contributed by atoms with Gasteiger partial charge in [-0.1, -0.05) is 23.8 Å². The number of furan rings is 1. The Morgan fingerprint density at radius 3 is 2.44 bits per heavy atom. The number of aromatic nitrogens is 1. The predicted octanol–water partition coefficient (Wildman–Crippen LogP) is 4.31. The number of ether oxygens (including phenoxy) is 1. The van der Waals surface area contributed by atoms with Gasteiger partial charge in [0.05, 0.1) is 12.0 Å². The topological polar surface area (TPSA) is 119 Å². The Morgan fingerprint density at radius 2 is 1.81 bits per heavy atom. The third-order valence-electron chi connectivity index (χ3n) is 4.48. The van der Waals surface area contributed by atoms with E-state index in [9.17, 15) is 4.79 Å². The summed E-state index contributed by atoms with van der Waals surface area (Å²) >= 11 is -0.750. The van der Waals surface area contributed by atoms with Gasteiger partial charge in [-0.3, -0.25) is 4.79 Å². The Morgan fingerprint density at radius 1 is 1.09 bits per heavy atom. The van der Waals surface area contributed by atoms with Crippen molar-refractivity contribution in [3.05, 3.63) is 83.2 Å². The SMILES string of the molecule is Cc1ccc(Oc2cc(C(=O)Nc3ccc(CO)cn3)cc3oc(C)cc23)cc1.O=S=O. The monoisotopic (exact) mass is 452 g/mol. The highest BCUT2D eigenvalue weighted by molar-refractivity contribution is 7.51. The number of carbonyl (C=O) groups is 1. The summed E-state index contributed by atoms with van der Waals surface area (Å²) in [6.45, 7) is 3.75. The predicted molar refractivity (Wildman–Crippen MR) is 119 cm³/mol. The molecule has 0 spiro atoms. The molecule has 0 atom stereocenters. The zero-order valence-corrected chi connectivity index (χ0v) is 18.1. The molecule has 2 N–H and O–H groups in total. The highest BCUT2D eigenvalue weighted by atomic mass is 32.1. The smallest absolute Gasteiger partial charge is 0.335 e. The van der Waals surface area contributed by atoms with Crippen molar-refractivity contribution in [1.29, 1.82) is 0 Å². The maximum absolute atomic E-state index is 12.8. The summed E-state index contributed by atoms with van der Waals surface area (Å²) in [4.78, 5) is 16.9. The summed E-state index contributed by atoms with van der Waals surface area (Å²) in [5, 5.41) is 12.7. The lowest BCUT2D eigenvalue weighted by Crippen LogP contribution is -2.13. The van der Waals surface area contributed by atoms with Crippen molar-refractivity contribution in [3.63, 3.8) is 0 Å². The quantitative estimate of drug-likeness (QED) is 0.463. The number of rotatable bonds is 5. The van der Waals surface area contributed by atoms with Crippen molar-refractivity contribution in [2.75, 3.05) is 5.32 Å². The Balaban J connectivity index is 0.000000913. The van der Waals surface area contributed by atoms with Gasteiger partial charge in [0.1, 0.15) is 28.7 Å². The molecule has 2 aromatic carbocycles. The minimum absolute atomic E-state index is 0.102. The lowest BCUT2D eigenvalue weighted by atomic mass is 10.1. The van der Waals surface area contributed by atoms with E-state index in [1.165, 1.54) is 6.20 Å². The molecule has 0 radical (unpaired) electrons. The van der Waals surface area contributed by atoms with E-state index < -0.39 is 11.6 Å². The number of carbonyl (C=O) groups excluding carboxylic acids is 1. The second-order valence-corrected chi connectivity index (χ2v) is 7.03. The molecule has 0 unspecified atom stereocenters. The van der Waals surface area contributed by atoms with Crippen LogP contribution >= 0.6 is 0 Å². The number of nitrogens with zero attached hydrogens (tertiary/aromatic N) is 1. The maximum atomic E-state index is 12.8. The lowest BCUT2D eigenvalue weighted by Gasteiger charge is -2.10. The summed E-state index contributed by atoms with van der Waals surface area (Å²) in [6, 6.07) is 16.3. The van der Waals surface area contributed by atoms with Gasteiger partial charge in [0.15, 0.2) is 0 Å². The molecule has 0 aliphatic heterocycles. The van der Waals surface area contributed by atoms with Gasteiger partial charge >= 0.3 is 11.6 Å². The normalized spacial score (nSPS) is 10.2. The van der Waals surface area contributed by atoms with Crippen molar-refractivity contribution in [3.8, 4) is 11.5 Å². The Kier molecular flexibility index (Phi) is 7.48. The van der Waals surface area contributed by atoms with Gasteiger partial charge in [-0.05, 0) is 55.8 Å². The minimum atomic E-state index is -0.750. The van der Waals surface area contributed by atoms with Crippen LogP contribution in [0.1, 0.15) is 27.2 Å². The number of amides is 1. The molecule has 0 aliphatic rings. The van der Waals surface area contributed by atoms with Crippen LogP contribution in [0.3, 0.4) is 0 Å².